The molecule has 6 heteroatoms. The number of likely N-dealkylation sites (N-methyl/N-ethyl adjacent to an activating group) is 1. The van der Waals surface area contributed by atoms with Crippen molar-refractivity contribution in [1.29, 1.82) is 0 Å². The van der Waals surface area contributed by atoms with E-state index in [9.17, 15) is 9.59 Å². The standard InChI is InChI=1S/C23H28N2O4/c1-5-28-23(27)20-15(3)17-13-25(12-16-9-7-6-8-10-16)18-11-14(2)29-22(26)19(18)21(17)24(20)4/h6-11,15,17,20-21H,5,12-13H2,1-4H3/t15-,17-,20-,21+/m1/s1. The third-order valence-corrected chi connectivity index (χ3v) is 6.36. The van der Waals surface area contributed by atoms with Crippen molar-refractivity contribution in [1.82, 2.24) is 4.90 Å². The van der Waals surface area contributed by atoms with Crippen LogP contribution in [0, 0.1) is 18.8 Å². The molecule has 0 amide bonds. The maximum atomic E-state index is 12.9. The van der Waals surface area contributed by atoms with E-state index in [-0.39, 0.29) is 35.5 Å². The lowest BCUT2D eigenvalue weighted by atomic mass is 9.82. The van der Waals surface area contributed by atoms with Crippen molar-refractivity contribution < 1.29 is 13.9 Å². The highest BCUT2D eigenvalue weighted by Gasteiger charge is 2.53. The third kappa shape index (κ3) is 3.35. The molecule has 1 aromatic heterocycles. The monoisotopic (exact) mass is 396 g/mol. The number of esters is 1. The van der Waals surface area contributed by atoms with Crippen molar-refractivity contribution in [2.45, 2.75) is 39.4 Å². The molecule has 2 aliphatic heterocycles. The van der Waals surface area contributed by atoms with Crippen molar-refractivity contribution in [2.75, 3.05) is 25.1 Å². The molecule has 4 rings (SSSR count). The van der Waals surface area contributed by atoms with E-state index in [0.717, 1.165) is 12.2 Å². The molecular weight excluding hydrogens is 368 g/mol. The summed E-state index contributed by atoms with van der Waals surface area (Å²) < 4.78 is 10.8. The average Bonchev–Trinajstić information content (AvgIpc) is 2.93. The number of fused-ring (bicyclic) bond motifs is 3. The van der Waals surface area contributed by atoms with E-state index in [4.69, 9.17) is 9.15 Å². The number of hydrogen-bond donors (Lipinski definition) is 0. The van der Waals surface area contributed by atoms with Crippen LogP contribution in [0.25, 0.3) is 0 Å². The molecule has 1 fully saturated rings. The van der Waals surface area contributed by atoms with E-state index in [1.165, 1.54) is 5.56 Å². The third-order valence-electron chi connectivity index (χ3n) is 6.36. The van der Waals surface area contributed by atoms with E-state index < -0.39 is 0 Å². The molecular formula is C23H28N2O4. The maximum Gasteiger partial charge on any atom is 0.342 e. The first kappa shape index (κ1) is 19.7. The van der Waals surface area contributed by atoms with Crippen LogP contribution in [0.1, 0.15) is 36.8 Å². The quantitative estimate of drug-likeness (QED) is 0.740. The van der Waals surface area contributed by atoms with Gasteiger partial charge in [-0.2, -0.15) is 0 Å². The minimum absolute atomic E-state index is 0.0659. The van der Waals surface area contributed by atoms with Crippen molar-refractivity contribution in [3.05, 3.63) is 63.7 Å². The van der Waals surface area contributed by atoms with Gasteiger partial charge in [0.1, 0.15) is 11.8 Å². The van der Waals surface area contributed by atoms with Gasteiger partial charge in [-0.15, -0.1) is 0 Å². The highest BCUT2D eigenvalue weighted by Crippen LogP contribution is 2.49. The summed E-state index contributed by atoms with van der Waals surface area (Å²) in [7, 11) is 1.92. The first-order valence-corrected chi connectivity index (χ1v) is 10.2. The van der Waals surface area contributed by atoms with E-state index in [2.05, 4.69) is 24.0 Å². The Morgan fingerprint density at radius 2 is 2.00 bits per heavy atom. The van der Waals surface area contributed by atoms with Gasteiger partial charge in [-0.3, -0.25) is 9.69 Å². The van der Waals surface area contributed by atoms with Crippen LogP contribution in [-0.4, -0.2) is 37.1 Å². The minimum Gasteiger partial charge on any atom is -0.465 e. The number of carbonyl (C=O) groups excluding carboxylic acids is 1. The Balaban J connectivity index is 1.78. The zero-order valence-corrected chi connectivity index (χ0v) is 17.4. The van der Waals surface area contributed by atoms with Crippen LogP contribution >= 0.6 is 0 Å². The number of rotatable bonds is 4. The van der Waals surface area contributed by atoms with Gasteiger partial charge in [-0.1, -0.05) is 37.3 Å². The first-order chi connectivity index (χ1) is 13.9. The average molecular weight is 396 g/mol. The predicted octanol–water partition coefficient (Wildman–Crippen LogP) is 3.14. The number of likely N-dealkylation sites (tertiary alicyclic amines) is 1. The summed E-state index contributed by atoms with van der Waals surface area (Å²) in [6.45, 7) is 7.54. The van der Waals surface area contributed by atoms with E-state index in [1.54, 1.807) is 6.92 Å². The van der Waals surface area contributed by atoms with E-state index >= 15 is 0 Å². The topological polar surface area (TPSA) is 63.0 Å². The Bertz CT molecular complexity index is 955. The Labute approximate surface area is 171 Å². The SMILES string of the molecule is CCOC(=O)[C@H]1[C@H](C)[C@H]2CN(Cc3ccccc3)c3cc(C)oc(=O)c3[C@H]2N1C. The number of nitrogens with zero attached hydrogens (tertiary/aromatic N) is 2. The molecule has 0 aliphatic carbocycles. The second-order valence-electron chi connectivity index (χ2n) is 8.14. The Morgan fingerprint density at radius 1 is 1.28 bits per heavy atom. The highest BCUT2D eigenvalue weighted by atomic mass is 16.5. The summed E-state index contributed by atoms with van der Waals surface area (Å²) in [5.74, 6) is 0.581. The Morgan fingerprint density at radius 3 is 2.69 bits per heavy atom. The van der Waals surface area contributed by atoms with Gasteiger partial charge in [0, 0.05) is 31.1 Å². The summed E-state index contributed by atoms with van der Waals surface area (Å²) in [5.41, 5.74) is 2.44. The van der Waals surface area contributed by atoms with Gasteiger partial charge in [0.15, 0.2) is 0 Å². The fraction of sp³-hybridized carbons (Fsp3) is 0.478. The highest BCUT2D eigenvalue weighted by molar-refractivity contribution is 5.77. The minimum atomic E-state index is -0.366. The number of carbonyl (C=O) groups is 1. The summed E-state index contributed by atoms with van der Waals surface area (Å²) in [6.07, 6.45) is 0. The van der Waals surface area contributed by atoms with Gasteiger partial charge in [-0.05, 0) is 32.4 Å². The van der Waals surface area contributed by atoms with E-state index in [0.29, 0.717) is 24.5 Å². The molecule has 0 bridgehead atoms. The lowest BCUT2D eigenvalue weighted by Gasteiger charge is -2.40. The van der Waals surface area contributed by atoms with Crippen LogP contribution < -0.4 is 10.5 Å². The maximum absolute atomic E-state index is 12.9. The van der Waals surface area contributed by atoms with Crippen LogP contribution in [0.2, 0.25) is 0 Å². The van der Waals surface area contributed by atoms with Crippen molar-refractivity contribution >= 4 is 11.7 Å². The molecule has 0 radical (unpaired) electrons. The predicted molar refractivity (Wildman–Crippen MR) is 111 cm³/mol. The number of hydrogen-bond acceptors (Lipinski definition) is 6. The van der Waals surface area contributed by atoms with Gasteiger partial charge in [0.2, 0.25) is 0 Å². The van der Waals surface area contributed by atoms with Gasteiger partial charge < -0.3 is 14.1 Å². The summed E-state index contributed by atoms with van der Waals surface area (Å²) >= 11 is 0. The molecule has 1 saturated heterocycles. The fourth-order valence-corrected chi connectivity index (χ4v) is 5.11. The molecule has 29 heavy (non-hydrogen) atoms. The van der Waals surface area contributed by atoms with Gasteiger partial charge in [0.05, 0.1) is 17.9 Å². The van der Waals surface area contributed by atoms with Gasteiger partial charge in [0.25, 0.3) is 0 Å². The Hall–Kier alpha value is -2.60. The van der Waals surface area contributed by atoms with Crippen LogP contribution in [0.15, 0.2) is 45.6 Å². The zero-order chi connectivity index (χ0) is 20.7. The number of aryl methyl sites for hydroxylation is 1. The molecule has 3 heterocycles. The van der Waals surface area contributed by atoms with Crippen molar-refractivity contribution in [3.8, 4) is 0 Å². The second-order valence-corrected chi connectivity index (χ2v) is 8.14. The molecule has 2 aliphatic rings. The van der Waals surface area contributed by atoms with Crippen LogP contribution in [0.4, 0.5) is 5.69 Å². The van der Waals surface area contributed by atoms with Crippen LogP contribution in [-0.2, 0) is 16.1 Å². The zero-order valence-electron chi connectivity index (χ0n) is 17.4. The molecule has 4 atom stereocenters. The lowest BCUT2D eigenvalue weighted by Crippen LogP contribution is -2.42. The summed E-state index contributed by atoms with van der Waals surface area (Å²) in [5, 5.41) is 0. The van der Waals surface area contributed by atoms with Gasteiger partial charge >= 0.3 is 11.6 Å². The van der Waals surface area contributed by atoms with Gasteiger partial charge in [-0.25, -0.2) is 4.79 Å². The number of benzene rings is 1. The summed E-state index contributed by atoms with van der Waals surface area (Å²) in [4.78, 5) is 29.9. The van der Waals surface area contributed by atoms with Crippen LogP contribution in [0.3, 0.4) is 0 Å². The van der Waals surface area contributed by atoms with Crippen LogP contribution in [0.5, 0.6) is 0 Å². The Kier molecular flexibility index (Phi) is 5.21. The number of anilines is 1. The second kappa shape index (κ2) is 7.67. The molecule has 6 nitrogen and oxygen atoms in total. The number of ether oxygens (including phenoxy) is 1. The normalized spacial score (nSPS) is 26.1. The lowest BCUT2D eigenvalue weighted by molar-refractivity contribution is -0.149. The fourth-order valence-electron chi connectivity index (χ4n) is 5.11. The molecule has 154 valence electrons. The molecule has 0 unspecified atom stereocenters. The smallest absolute Gasteiger partial charge is 0.342 e. The molecule has 1 aromatic carbocycles. The van der Waals surface area contributed by atoms with Crippen molar-refractivity contribution in [2.24, 2.45) is 11.8 Å². The first-order valence-electron chi connectivity index (χ1n) is 10.2. The molecule has 0 N–H and O–H groups in total. The molecule has 0 saturated carbocycles. The largest absolute Gasteiger partial charge is 0.465 e. The summed E-state index contributed by atoms with van der Waals surface area (Å²) in [6, 6.07) is 11.7. The molecule has 2 aromatic rings. The van der Waals surface area contributed by atoms with Crippen molar-refractivity contribution in [3.63, 3.8) is 0 Å². The van der Waals surface area contributed by atoms with E-state index in [1.807, 2.05) is 43.1 Å². The molecule has 0 spiro atoms.